The van der Waals surface area contributed by atoms with E-state index in [0.29, 0.717) is 42.1 Å². The molecule has 0 saturated heterocycles. The Morgan fingerprint density at radius 3 is 1.92 bits per heavy atom. The zero-order valence-corrected chi connectivity index (χ0v) is 22.0. The molecule has 9 nitrogen and oxygen atoms in total. The first-order valence-electron chi connectivity index (χ1n) is 11.7. The topological polar surface area (TPSA) is 128 Å². The molecule has 11 heteroatoms. The van der Waals surface area contributed by atoms with Crippen molar-refractivity contribution < 1.29 is 37.4 Å². The number of carbonyl (C=O) groups is 3. The Labute approximate surface area is 219 Å². The first kappa shape index (κ1) is 31.7. The number of aromatic amines is 2. The minimum Gasteiger partial charge on any atom is -0.494 e. The van der Waals surface area contributed by atoms with E-state index in [1.54, 1.807) is 25.1 Å². The molecule has 206 valence electrons. The number of nitrogens with one attached hydrogen (secondary N) is 2. The maximum absolute atomic E-state index is 13.8. The van der Waals surface area contributed by atoms with Gasteiger partial charge in [-0.1, -0.05) is 6.07 Å². The van der Waals surface area contributed by atoms with Gasteiger partial charge in [0.1, 0.15) is 35.3 Å². The SMILES string of the molecule is CCOc1ccc(C=O)c(F)c1.CCOc1ccc(Cc2c(C)[nH][nH]c2=O)c(F)c1.COC(=O)CC(C)=O. The van der Waals surface area contributed by atoms with Crippen molar-refractivity contribution in [2.75, 3.05) is 20.3 Å². The number of methoxy groups -OCH3 is 1. The number of hydrogen-bond donors (Lipinski definition) is 2. The Bertz CT molecular complexity index is 1270. The van der Waals surface area contributed by atoms with Gasteiger partial charge in [0.25, 0.3) is 5.56 Å². The number of aryl methyl sites for hydroxylation is 1. The predicted octanol–water partition coefficient (Wildman–Crippen LogP) is 4.32. The second-order valence-electron chi connectivity index (χ2n) is 7.73. The van der Waals surface area contributed by atoms with Crippen LogP contribution in [-0.2, 0) is 20.7 Å². The van der Waals surface area contributed by atoms with Gasteiger partial charge in [0.15, 0.2) is 6.29 Å². The first-order valence-corrected chi connectivity index (χ1v) is 11.7. The maximum atomic E-state index is 13.8. The molecule has 1 aromatic heterocycles. The Morgan fingerprint density at radius 1 is 0.947 bits per heavy atom. The van der Waals surface area contributed by atoms with E-state index in [9.17, 15) is 28.0 Å². The van der Waals surface area contributed by atoms with Crippen molar-refractivity contribution in [3.63, 3.8) is 0 Å². The summed E-state index contributed by atoms with van der Waals surface area (Å²) in [5, 5.41) is 5.20. The van der Waals surface area contributed by atoms with Crippen molar-refractivity contribution in [1.29, 1.82) is 0 Å². The Morgan fingerprint density at radius 2 is 1.53 bits per heavy atom. The largest absolute Gasteiger partial charge is 0.494 e. The molecule has 0 spiro atoms. The summed E-state index contributed by atoms with van der Waals surface area (Å²) in [7, 11) is 1.26. The van der Waals surface area contributed by atoms with E-state index in [0.717, 1.165) is 5.69 Å². The standard InChI is InChI=1S/C13H15FN2O2.C9H9FO2.C5H8O3/c1-3-18-10-5-4-9(12(14)7-10)6-11-8(2)15-16-13(11)17;1-2-12-8-4-3-7(6-11)9(10)5-8;1-4(6)3-5(7)8-2/h4-5,7H,3,6H2,1-2H3,(H2,15,16,17);3-6H,2H2,1H3;3H2,1-2H3. The van der Waals surface area contributed by atoms with E-state index < -0.39 is 11.8 Å². The van der Waals surface area contributed by atoms with Gasteiger partial charge >= 0.3 is 5.97 Å². The van der Waals surface area contributed by atoms with Gasteiger partial charge in [0, 0.05) is 29.8 Å². The summed E-state index contributed by atoms with van der Waals surface area (Å²) in [5.74, 6) is -0.606. The second kappa shape index (κ2) is 16.5. The fraction of sp³-hybridized carbons (Fsp3) is 0.333. The highest BCUT2D eigenvalue weighted by Gasteiger charge is 2.11. The van der Waals surface area contributed by atoms with Crippen LogP contribution in [0, 0.1) is 18.6 Å². The van der Waals surface area contributed by atoms with Crippen LogP contribution >= 0.6 is 0 Å². The lowest BCUT2D eigenvalue weighted by Gasteiger charge is -2.06. The van der Waals surface area contributed by atoms with E-state index in [-0.39, 0.29) is 35.6 Å². The summed E-state index contributed by atoms with van der Waals surface area (Å²) in [4.78, 5) is 42.0. The third kappa shape index (κ3) is 10.8. The van der Waals surface area contributed by atoms with Gasteiger partial charge in [-0.15, -0.1) is 0 Å². The number of ether oxygens (including phenoxy) is 3. The molecule has 2 N–H and O–H groups in total. The number of esters is 1. The van der Waals surface area contributed by atoms with Crippen LogP contribution in [0.5, 0.6) is 11.5 Å². The highest BCUT2D eigenvalue weighted by atomic mass is 19.1. The summed E-state index contributed by atoms with van der Waals surface area (Å²) in [5.41, 5.74) is 1.61. The zero-order valence-electron chi connectivity index (χ0n) is 22.0. The van der Waals surface area contributed by atoms with E-state index in [1.807, 2.05) is 13.8 Å². The lowest BCUT2D eigenvalue weighted by Crippen LogP contribution is -2.08. The minimum atomic E-state index is -0.545. The lowest BCUT2D eigenvalue weighted by molar-refractivity contribution is -0.142. The Kier molecular flexibility index (Phi) is 13.8. The van der Waals surface area contributed by atoms with E-state index >= 15 is 0 Å². The highest BCUT2D eigenvalue weighted by Crippen LogP contribution is 2.19. The molecule has 3 rings (SSSR count). The van der Waals surface area contributed by atoms with Crippen molar-refractivity contribution in [2.24, 2.45) is 0 Å². The number of H-pyrrole nitrogens is 2. The van der Waals surface area contributed by atoms with Crippen molar-refractivity contribution in [3.8, 4) is 11.5 Å². The van der Waals surface area contributed by atoms with Crippen LogP contribution in [-0.4, -0.2) is 48.6 Å². The number of halogens is 2. The average Bonchev–Trinajstić information content (AvgIpc) is 3.18. The number of Topliss-reactive ketones (excluding diaryl/α,β-unsaturated/α-hetero) is 1. The molecule has 1 heterocycles. The summed E-state index contributed by atoms with van der Waals surface area (Å²) < 4.78 is 41.1. The third-order valence-corrected chi connectivity index (χ3v) is 4.82. The Balaban J connectivity index is 0.000000313. The van der Waals surface area contributed by atoms with E-state index in [4.69, 9.17) is 9.47 Å². The molecule has 3 aromatic rings. The number of aromatic nitrogens is 2. The lowest BCUT2D eigenvalue weighted by atomic mass is 10.1. The molecule has 0 aliphatic carbocycles. The van der Waals surface area contributed by atoms with Gasteiger partial charge in [-0.3, -0.25) is 24.3 Å². The monoisotopic (exact) mass is 534 g/mol. The van der Waals surface area contributed by atoms with E-state index in [1.165, 1.54) is 32.2 Å². The van der Waals surface area contributed by atoms with Crippen molar-refractivity contribution in [3.05, 3.63) is 80.8 Å². The van der Waals surface area contributed by atoms with Gasteiger partial charge in [-0.2, -0.15) is 0 Å². The number of ketones is 1. The molecule has 38 heavy (non-hydrogen) atoms. The van der Waals surface area contributed by atoms with Gasteiger partial charge in [-0.25, -0.2) is 8.78 Å². The summed E-state index contributed by atoms with van der Waals surface area (Å²) in [6, 6.07) is 8.86. The third-order valence-electron chi connectivity index (χ3n) is 4.82. The molecule has 0 atom stereocenters. The van der Waals surface area contributed by atoms with Gasteiger partial charge < -0.3 is 19.3 Å². The molecule has 0 radical (unpaired) electrons. The van der Waals surface area contributed by atoms with Crippen LogP contribution < -0.4 is 15.0 Å². The fourth-order valence-corrected chi connectivity index (χ4v) is 2.94. The number of aldehydes is 1. The van der Waals surface area contributed by atoms with Gasteiger partial charge in [-0.05, 0) is 51.5 Å². The van der Waals surface area contributed by atoms with Crippen LogP contribution in [0.1, 0.15) is 54.4 Å². The molecule has 0 aliphatic heterocycles. The molecule has 0 aliphatic rings. The normalized spacial score (nSPS) is 9.76. The summed E-state index contributed by atoms with van der Waals surface area (Å²) in [6.07, 6.45) is 0.629. The molecular weight excluding hydrogens is 502 g/mol. The molecule has 2 aromatic carbocycles. The maximum Gasteiger partial charge on any atom is 0.313 e. The summed E-state index contributed by atoms with van der Waals surface area (Å²) >= 11 is 0. The van der Waals surface area contributed by atoms with Crippen molar-refractivity contribution >= 4 is 18.0 Å². The van der Waals surface area contributed by atoms with Crippen molar-refractivity contribution in [1.82, 2.24) is 10.2 Å². The Hall–Kier alpha value is -4.28. The van der Waals surface area contributed by atoms with Crippen LogP contribution in [0.25, 0.3) is 0 Å². The molecule has 0 saturated carbocycles. The smallest absolute Gasteiger partial charge is 0.313 e. The molecule has 0 bridgehead atoms. The molecule has 0 unspecified atom stereocenters. The van der Waals surface area contributed by atoms with Crippen molar-refractivity contribution in [2.45, 2.75) is 40.5 Å². The molecule has 0 amide bonds. The minimum absolute atomic E-state index is 0.0541. The number of benzene rings is 2. The van der Waals surface area contributed by atoms with E-state index in [2.05, 4.69) is 14.9 Å². The fourth-order valence-electron chi connectivity index (χ4n) is 2.94. The van der Waals surface area contributed by atoms with Crippen LogP contribution in [0.3, 0.4) is 0 Å². The molecule has 0 fully saturated rings. The van der Waals surface area contributed by atoms with Crippen LogP contribution in [0.4, 0.5) is 8.78 Å². The first-order chi connectivity index (χ1) is 18.1. The number of carbonyl (C=O) groups excluding carboxylic acids is 3. The van der Waals surface area contributed by atoms with Crippen LogP contribution in [0.2, 0.25) is 0 Å². The zero-order chi connectivity index (χ0) is 28.7. The van der Waals surface area contributed by atoms with Gasteiger partial charge in [0.05, 0.1) is 25.9 Å². The summed E-state index contributed by atoms with van der Waals surface area (Å²) in [6.45, 7) is 7.76. The van der Waals surface area contributed by atoms with Gasteiger partial charge in [0.2, 0.25) is 0 Å². The average molecular weight is 535 g/mol. The van der Waals surface area contributed by atoms with Crippen LogP contribution in [0.15, 0.2) is 41.2 Å². The quantitative estimate of drug-likeness (QED) is 0.238. The number of hydrogen-bond acceptors (Lipinski definition) is 7. The second-order valence-corrected chi connectivity index (χ2v) is 7.73. The highest BCUT2D eigenvalue weighted by molar-refractivity contribution is 5.93. The number of rotatable bonds is 9. The molecular formula is C27H32F2N2O7. The predicted molar refractivity (Wildman–Crippen MR) is 137 cm³/mol.